The molecule has 1 aliphatic rings. The number of nitrogens with two attached hydrogens (primary N) is 2. The van der Waals surface area contributed by atoms with Crippen LogP contribution in [-0.2, 0) is 18.3 Å². The number of nitrogens with one attached hydrogen (secondary N) is 1. The van der Waals surface area contributed by atoms with Crippen LogP contribution in [0, 0.1) is 18.7 Å². The molecule has 4 aromatic rings. The van der Waals surface area contributed by atoms with Crippen LogP contribution in [0.5, 0.6) is 0 Å². The maximum Gasteiger partial charge on any atom is 0.435 e. The fourth-order valence-electron chi connectivity index (χ4n) is 4.89. The molecule has 5 N–H and O–H groups in total. The molecule has 2 aromatic heterocycles. The molecular formula is C30H30F4N6O. The molecule has 0 saturated heterocycles. The average molecular weight is 567 g/mol. The fraction of sp³-hybridized carbons (Fsp3) is 0.300. The van der Waals surface area contributed by atoms with E-state index in [1.165, 1.54) is 24.3 Å². The molecule has 1 amide bonds. The Labute approximate surface area is 234 Å². The molecule has 1 saturated carbocycles. The van der Waals surface area contributed by atoms with Crippen molar-refractivity contribution in [1.29, 1.82) is 0 Å². The second-order valence-electron chi connectivity index (χ2n) is 10.5. The van der Waals surface area contributed by atoms with Crippen LogP contribution in [-0.4, -0.2) is 20.7 Å². The van der Waals surface area contributed by atoms with Gasteiger partial charge in [-0.15, -0.1) is 0 Å². The highest BCUT2D eigenvalue weighted by atomic mass is 19.4. The summed E-state index contributed by atoms with van der Waals surface area (Å²) in [4.78, 5) is 17.6. The van der Waals surface area contributed by atoms with Gasteiger partial charge in [-0.25, -0.2) is 9.07 Å². The van der Waals surface area contributed by atoms with Crippen LogP contribution in [0.4, 0.5) is 23.2 Å². The molecule has 2 aromatic carbocycles. The van der Waals surface area contributed by atoms with Crippen molar-refractivity contribution >= 4 is 11.6 Å². The minimum absolute atomic E-state index is 0.138. The zero-order chi connectivity index (χ0) is 29.4. The Morgan fingerprint density at radius 3 is 2.51 bits per heavy atom. The van der Waals surface area contributed by atoms with Gasteiger partial charge < -0.3 is 16.8 Å². The van der Waals surface area contributed by atoms with Crippen molar-refractivity contribution in [3.8, 4) is 5.69 Å². The van der Waals surface area contributed by atoms with Crippen LogP contribution >= 0.6 is 0 Å². The van der Waals surface area contributed by atoms with Crippen LogP contribution in [0.3, 0.4) is 0 Å². The number of pyridine rings is 1. The van der Waals surface area contributed by atoms with E-state index in [4.69, 9.17) is 11.5 Å². The first-order valence-corrected chi connectivity index (χ1v) is 13.3. The molecule has 11 heteroatoms. The van der Waals surface area contributed by atoms with Crippen LogP contribution in [0.2, 0.25) is 0 Å². The summed E-state index contributed by atoms with van der Waals surface area (Å²) in [6, 6.07) is 14.9. The van der Waals surface area contributed by atoms with Gasteiger partial charge in [-0.05, 0) is 78.8 Å². The van der Waals surface area contributed by atoms with Crippen LogP contribution < -0.4 is 16.8 Å². The molecule has 5 rings (SSSR count). The number of amides is 1. The number of carbonyl (C=O) groups excluding carboxylic acids is 1. The zero-order valence-corrected chi connectivity index (χ0v) is 22.4. The Morgan fingerprint density at radius 1 is 1.07 bits per heavy atom. The molecule has 0 spiro atoms. The van der Waals surface area contributed by atoms with Crippen molar-refractivity contribution in [2.24, 2.45) is 17.4 Å². The lowest BCUT2D eigenvalue weighted by Gasteiger charge is -2.32. The van der Waals surface area contributed by atoms with Gasteiger partial charge >= 0.3 is 6.18 Å². The summed E-state index contributed by atoms with van der Waals surface area (Å²) in [7, 11) is 0. The van der Waals surface area contributed by atoms with E-state index in [1.807, 2.05) is 19.1 Å². The fourth-order valence-corrected chi connectivity index (χ4v) is 4.89. The number of rotatable bonds is 9. The molecule has 214 valence electrons. The molecule has 41 heavy (non-hydrogen) atoms. The van der Waals surface area contributed by atoms with Gasteiger partial charge in [0.25, 0.3) is 5.91 Å². The van der Waals surface area contributed by atoms with Gasteiger partial charge in [0.15, 0.2) is 5.69 Å². The number of nitrogens with zero attached hydrogens (tertiary/aromatic N) is 3. The van der Waals surface area contributed by atoms with Crippen LogP contribution in [0.1, 0.15) is 64.2 Å². The Hall–Kier alpha value is -4.09. The van der Waals surface area contributed by atoms with Gasteiger partial charge in [-0.3, -0.25) is 9.78 Å². The van der Waals surface area contributed by atoms with E-state index in [1.54, 1.807) is 24.4 Å². The molecule has 0 aliphatic heterocycles. The molecule has 0 radical (unpaired) electrons. The van der Waals surface area contributed by atoms with Crippen molar-refractivity contribution in [2.45, 2.75) is 50.9 Å². The van der Waals surface area contributed by atoms with E-state index in [9.17, 15) is 18.0 Å². The first-order chi connectivity index (χ1) is 19.5. The topological polar surface area (TPSA) is 112 Å². The summed E-state index contributed by atoms with van der Waals surface area (Å²) < 4.78 is 56.7. The second-order valence-corrected chi connectivity index (χ2v) is 10.5. The van der Waals surface area contributed by atoms with Gasteiger partial charge in [0.05, 0.1) is 16.9 Å². The number of aromatic nitrogens is 3. The number of hydrogen-bond acceptors (Lipinski definition) is 5. The number of carbonyl (C=O) groups is 1. The van der Waals surface area contributed by atoms with Gasteiger partial charge in [0, 0.05) is 24.5 Å². The Morgan fingerprint density at radius 2 is 1.83 bits per heavy atom. The SMILES string of the molecule is Cc1cc(C(N)(CCC2CC2)c2ccc(F)c(NC(=O)c3cc(C(F)(F)F)nn3-c3cccc(CN)c3)c2)ccn1. The van der Waals surface area contributed by atoms with E-state index < -0.39 is 34.8 Å². The molecule has 1 atom stereocenters. The molecule has 1 fully saturated rings. The van der Waals surface area contributed by atoms with Crippen LogP contribution in [0.15, 0.2) is 66.9 Å². The van der Waals surface area contributed by atoms with Crippen molar-refractivity contribution in [2.75, 3.05) is 5.32 Å². The monoisotopic (exact) mass is 566 g/mol. The molecule has 1 unspecified atom stereocenters. The van der Waals surface area contributed by atoms with Crippen molar-refractivity contribution in [3.05, 3.63) is 106 Å². The average Bonchev–Trinajstić information content (AvgIpc) is 3.66. The van der Waals surface area contributed by atoms with E-state index >= 15 is 4.39 Å². The van der Waals surface area contributed by atoms with E-state index in [0.29, 0.717) is 29.5 Å². The smallest absolute Gasteiger partial charge is 0.326 e. The van der Waals surface area contributed by atoms with Gasteiger partial charge in [-0.1, -0.05) is 31.0 Å². The molecule has 1 aliphatic carbocycles. The normalized spacial score (nSPS) is 15.0. The van der Waals surface area contributed by atoms with Gasteiger partial charge in [0.1, 0.15) is 11.5 Å². The lowest BCUT2D eigenvalue weighted by atomic mass is 9.79. The van der Waals surface area contributed by atoms with E-state index in [2.05, 4.69) is 15.4 Å². The third-order valence-electron chi connectivity index (χ3n) is 7.41. The highest BCUT2D eigenvalue weighted by molar-refractivity contribution is 6.03. The summed E-state index contributed by atoms with van der Waals surface area (Å²) in [6.07, 6.45) is 0.586. The number of hydrogen-bond donors (Lipinski definition) is 3. The maximum atomic E-state index is 15.1. The van der Waals surface area contributed by atoms with Crippen LogP contribution in [0.25, 0.3) is 5.69 Å². The standard InChI is InChI=1S/C30H30F4N6O/c1-18-13-22(10-12-37-18)29(36,11-9-19-5-6-19)21-7-8-24(31)25(15-21)38-28(41)26-16-27(30(32,33)34)39-40(26)23-4-2-3-20(14-23)17-35/h2-4,7-8,10,12-16,19H,5-6,9,11,17,35-36H2,1H3,(H,38,41). The highest BCUT2D eigenvalue weighted by Crippen LogP contribution is 2.40. The minimum atomic E-state index is -4.81. The molecule has 7 nitrogen and oxygen atoms in total. The zero-order valence-electron chi connectivity index (χ0n) is 22.4. The van der Waals surface area contributed by atoms with Crippen molar-refractivity contribution < 1.29 is 22.4 Å². The summed E-state index contributed by atoms with van der Waals surface area (Å²) in [5.41, 5.74) is 12.8. The minimum Gasteiger partial charge on any atom is -0.326 e. The Balaban J connectivity index is 1.52. The number of anilines is 1. The third-order valence-corrected chi connectivity index (χ3v) is 7.41. The van der Waals surface area contributed by atoms with Crippen molar-refractivity contribution in [1.82, 2.24) is 14.8 Å². The lowest BCUT2D eigenvalue weighted by Crippen LogP contribution is -2.38. The quantitative estimate of drug-likeness (QED) is 0.221. The molecule has 0 bridgehead atoms. The summed E-state index contributed by atoms with van der Waals surface area (Å²) in [5, 5.41) is 6.08. The predicted octanol–water partition coefficient (Wildman–Crippen LogP) is 5.84. The summed E-state index contributed by atoms with van der Waals surface area (Å²) >= 11 is 0. The lowest BCUT2D eigenvalue weighted by molar-refractivity contribution is -0.141. The summed E-state index contributed by atoms with van der Waals surface area (Å²) in [6.45, 7) is 1.99. The Kier molecular flexibility index (Phi) is 7.67. The number of alkyl halides is 3. The largest absolute Gasteiger partial charge is 0.435 e. The molecule has 2 heterocycles. The summed E-state index contributed by atoms with van der Waals surface area (Å²) in [5.74, 6) is -1.14. The first-order valence-electron chi connectivity index (χ1n) is 13.3. The predicted molar refractivity (Wildman–Crippen MR) is 147 cm³/mol. The van der Waals surface area contributed by atoms with E-state index in [0.717, 1.165) is 35.2 Å². The van der Waals surface area contributed by atoms with Crippen molar-refractivity contribution in [3.63, 3.8) is 0 Å². The first kappa shape index (κ1) is 28.4. The van der Waals surface area contributed by atoms with Gasteiger partial charge in [-0.2, -0.15) is 18.3 Å². The number of halogens is 4. The van der Waals surface area contributed by atoms with E-state index in [-0.39, 0.29) is 17.9 Å². The number of benzene rings is 2. The van der Waals surface area contributed by atoms with Gasteiger partial charge in [0.2, 0.25) is 0 Å². The molecular weight excluding hydrogens is 536 g/mol. The number of aryl methyl sites for hydroxylation is 1. The third kappa shape index (κ3) is 6.15. The maximum absolute atomic E-state index is 15.1. The highest BCUT2D eigenvalue weighted by Gasteiger charge is 2.37. The second kappa shape index (κ2) is 11.1. The Bertz CT molecular complexity index is 1580.